The van der Waals surface area contributed by atoms with E-state index in [9.17, 15) is 9.90 Å². The molecule has 1 N–H and O–H groups in total. The number of hydrogen-bond donors (Lipinski definition) is 1. The molecule has 0 radical (unpaired) electrons. The van der Waals surface area contributed by atoms with Crippen molar-refractivity contribution in [3.8, 4) is 11.5 Å². The van der Waals surface area contributed by atoms with Crippen LogP contribution in [0.2, 0.25) is 10.0 Å². The van der Waals surface area contributed by atoms with Gasteiger partial charge in [0.25, 0.3) is 0 Å². The molecule has 0 heterocycles. The topological polar surface area (TPSA) is 46.5 Å². The maximum Gasteiger partial charge on any atom is 0.347 e. The molecule has 0 unspecified atom stereocenters. The van der Waals surface area contributed by atoms with Gasteiger partial charge in [-0.3, -0.25) is 0 Å². The first-order valence-corrected chi connectivity index (χ1v) is 5.78. The van der Waals surface area contributed by atoms with E-state index in [1.807, 2.05) is 0 Å². The number of phenols is 1. The lowest BCUT2D eigenvalue weighted by atomic mass is 10.2. The maximum absolute atomic E-state index is 11.8. The van der Waals surface area contributed by atoms with E-state index in [1.54, 1.807) is 24.3 Å². The molecule has 2 aromatic rings. The van der Waals surface area contributed by atoms with Crippen LogP contribution in [0.3, 0.4) is 0 Å². The van der Waals surface area contributed by atoms with Gasteiger partial charge < -0.3 is 9.84 Å². The van der Waals surface area contributed by atoms with Crippen molar-refractivity contribution < 1.29 is 14.6 Å². The Morgan fingerprint density at radius 2 is 1.61 bits per heavy atom. The Morgan fingerprint density at radius 1 is 1.00 bits per heavy atom. The lowest BCUT2D eigenvalue weighted by molar-refractivity contribution is 0.0731. The summed E-state index contributed by atoms with van der Waals surface area (Å²) < 4.78 is 5.08. The summed E-state index contributed by atoms with van der Waals surface area (Å²) in [5.74, 6) is -0.528. The highest BCUT2D eigenvalue weighted by atomic mass is 35.5. The first kappa shape index (κ1) is 12.7. The third-order valence-corrected chi connectivity index (χ3v) is 2.69. The molecule has 0 aliphatic heterocycles. The van der Waals surface area contributed by atoms with E-state index >= 15 is 0 Å². The zero-order valence-electron chi connectivity index (χ0n) is 9.06. The Morgan fingerprint density at radius 3 is 2.28 bits per heavy atom. The number of carbonyl (C=O) groups is 1. The molecule has 0 atom stereocenters. The number of hydrogen-bond acceptors (Lipinski definition) is 3. The molecule has 5 heteroatoms. The van der Waals surface area contributed by atoms with Crippen LogP contribution < -0.4 is 4.74 Å². The molecule has 0 spiro atoms. The minimum atomic E-state index is -0.683. The molecular formula is C13H8Cl2O3. The molecule has 92 valence electrons. The van der Waals surface area contributed by atoms with E-state index in [1.165, 1.54) is 18.2 Å². The number of benzene rings is 2. The lowest BCUT2D eigenvalue weighted by Gasteiger charge is -2.06. The van der Waals surface area contributed by atoms with Gasteiger partial charge in [0, 0.05) is 10.0 Å². The Kier molecular flexibility index (Phi) is 3.75. The van der Waals surface area contributed by atoms with Crippen LogP contribution in [-0.2, 0) is 0 Å². The average molecular weight is 283 g/mol. The van der Waals surface area contributed by atoms with Gasteiger partial charge in [-0.1, -0.05) is 23.2 Å². The molecule has 0 aliphatic carbocycles. The van der Waals surface area contributed by atoms with Crippen LogP contribution >= 0.6 is 23.2 Å². The SMILES string of the molecule is O=C(Oc1ccc(Cl)cc1)c1cc(Cl)ccc1O. The van der Waals surface area contributed by atoms with Crippen molar-refractivity contribution in [2.24, 2.45) is 0 Å². The Balaban J connectivity index is 2.21. The minimum absolute atomic E-state index is 0.0115. The minimum Gasteiger partial charge on any atom is -0.507 e. The van der Waals surface area contributed by atoms with Crippen molar-refractivity contribution in [3.63, 3.8) is 0 Å². The van der Waals surface area contributed by atoms with Crippen molar-refractivity contribution in [2.45, 2.75) is 0 Å². The van der Waals surface area contributed by atoms with Crippen molar-refractivity contribution in [1.82, 2.24) is 0 Å². The highest BCUT2D eigenvalue weighted by Gasteiger charge is 2.14. The fourth-order valence-corrected chi connectivity index (χ4v) is 1.63. The number of aromatic hydroxyl groups is 1. The van der Waals surface area contributed by atoms with Crippen LogP contribution in [0.4, 0.5) is 0 Å². The van der Waals surface area contributed by atoms with E-state index in [-0.39, 0.29) is 11.3 Å². The molecule has 0 saturated heterocycles. The second-order valence-corrected chi connectivity index (χ2v) is 4.38. The monoisotopic (exact) mass is 282 g/mol. The molecule has 2 aromatic carbocycles. The van der Waals surface area contributed by atoms with Crippen LogP contribution in [0, 0.1) is 0 Å². The van der Waals surface area contributed by atoms with Crippen molar-refractivity contribution in [1.29, 1.82) is 0 Å². The third kappa shape index (κ3) is 2.94. The second-order valence-electron chi connectivity index (χ2n) is 3.50. The van der Waals surface area contributed by atoms with Gasteiger partial charge in [0.1, 0.15) is 17.1 Å². The summed E-state index contributed by atoms with van der Waals surface area (Å²) in [5, 5.41) is 10.4. The molecule has 0 fully saturated rings. The van der Waals surface area contributed by atoms with Gasteiger partial charge in [-0.2, -0.15) is 0 Å². The Bertz CT molecular complexity index is 579. The molecule has 0 saturated carbocycles. The fraction of sp³-hybridized carbons (Fsp3) is 0. The van der Waals surface area contributed by atoms with Crippen LogP contribution in [0.25, 0.3) is 0 Å². The molecule has 18 heavy (non-hydrogen) atoms. The largest absolute Gasteiger partial charge is 0.507 e. The van der Waals surface area contributed by atoms with E-state index in [0.717, 1.165) is 0 Å². The van der Waals surface area contributed by atoms with Crippen molar-refractivity contribution in [3.05, 3.63) is 58.1 Å². The zero-order chi connectivity index (χ0) is 13.1. The van der Waals surface area contributed by atoms with E-state index in [4.69, 9.17) is 27.9 Å². The smallest absolute Gasteiger partial charge is 0.347 e. The quantitative estimate of drug-likeness (QED) is 0.671. The summed E-state index contributed by atoms with van der Waals surface area (Å²) in [5.41, 5.74) is 0.0115. The standard InChI is InChI=1S/C13H8Cl2O3/c14-8-1-4-10(5-2-8)18-13(17)11-7-9(15)3-6-12(11)16/h1-7,16H. The molecule has 2 rings (SSSR count). The highest BCUT2D eigenvalue weighted by Crippen LogP contribution is 2.24. The maximum atomic E-state index is 11.8. The molecule has 0 aliphatic rings. The van der Waals surface area contributed by atoms with Crippen LogP contribution in [0.5, 0.6) is 11.5 Å². The van der Waals surface area contributed by atoms with Gasteiger partial charge >= 0.3 is 5.97 Å². The van der Waals surface area contributed by atoms with Gasteiger partial charge in [-0.05, 0) is 42.5 Å². The molecular weight excluding hydrogens is 275 g/mol. The second kappa shape index (κ2) is 5.29. The number of carbonyl (C=O) groups excluding carboxylic acids is 1. The summed E-state index contributed by atoms with van der Waals surface area (Å²) in [6.07, 6.45) is 0. The van der Waals surface area contributed by atoms with Gasteiger partial charge in [-0.25, -0.2) is 4.79 Å². The van der Waals surface area contributed by atoms with Crippen LogP contribution in [-0.4, -0.2) is 11.1 Å². The highest BCUT2D eigenvalue weighted by molar-refractivity contribution is 6.31. The van der Waals surface area contributed by atoms with Gasteiger partial charge in [0.05, 0.1) is 0 Å². The summed E-state index contributed by atoms with van der Waals surface area (Å²) in [6, 6.07) is 10.5. The fourth-order valence-electron chi connectivity index (χ4n) is 1.34. The average Bonchev–Trinajstić information content (AvgIpc) is 2.35. The number of halogens is 2. The van der Waals surface area contributed by atoms with Crippen molar-refractivity contribution in [2.75, 3.05) is 0 Å². The normalized spacial score (nSPS) is 10.1. The summed E-state index contributed by atoms with van der Waals surface area (Å²) >= 11 is 11.5. The van der Waals surface area contributed by atoms with E-state index in [0.29, 0.717) is 15.8 Å². The first-order valence-electron chi connectivity index (χ1n) is 5.02. The van der Waals surface area contributed by atoms with E-state index < -0.39 is 5.97 Å². The lowest BCUT2D eigenvalue weighted by Crippen LogP contribution is -2.08. The molecule has 3 nitrogen and oxygen atoms in total. The predicted octanol–water partition coefficient (Wildman–Crippen LogP) is 3.92. The van der Waals surface area contributed by atoms with Gasteiger partial charge in [0.15, 0.2) is 0 Å². The molecule has 0 amide bonds. The predicted molar refractivity (Wildman–Crippen MR) is 69.5 cm³/mol. The van der Waals surface area contributed by atoms with Gasteiger partial charge in [-0.15, -0.1) is 0 Å². The third-order valence-electron chi connectivity index (χ3n) is 2.20. The number of rotatable bonds is 2. The van der Waals surface area contributed by atoms with Crippen LogP contribution in [0.15, 0.2) is 42.5 Å². The Labute approximate surface area is 114 Å². The summed E-state index contributed by atoms with van der Waals surface area (Å²) in [6.45, 7) is 0. The van der Waals surface area contributed by atoms with Crippen molar-refractivity contribution >= 4 is 29.2 Å². The number of esters is 1. The molecule has 0 aromatic heterocycles. The first-order chi connectivity index (χ1) is 8.56. The van der Waals surface area contributed by atoms with Gasteiger partial charge in [0.2, 0.25) is 0 Å². The van der Waals surface area contributed by atoms with E-state index in [2.05, 4.69) is 0 Å². The number of ether oxygens (including phenoxy) is 1. The molecule has 0 bridgehead atoms. The summed E-state index contributed by atoms with van der Waals surface area (Å²) in [4.78, 5) is 11.8. The number of phenolic OH excluding ortho intramolecular Hbond substituents is 1. The summed E-state index contributed by atoms with van der Waals surface area (Å²) in [7, 11) is 0. The van der Waals surface area contributed by atoms with Crippen LogP contribution in [0.1, 0.15) is 10.4 Å². The zero-order valence-corrected chi connectivity index (χ0v) is 10.6. The Hall–Kier alpha value is -1.71.